The van der Waals surface area contributed by atoms with E-state index < -0.39 is 0 Å². The Bertz CT molecular complexity index is 1270. The van der Waals surface area contributed by atoms with Gasteiger partial charge in [-0.25, -0.2) is 19.3 Å². The molecule has 3 aromatic rings. The number of halogens is 1. The van der Waals surface area contributed by atoms with E-state index in [1.807, 2.05) is 18.9 Å². The molecule has 1 saturated heterocycles. The summed E-state index contributed by atoms with van der Waals surface area (Å²) in [5.41, 5.74) is 9.59. The third kappa shape index (κ3) is 4.55. The van der Waals surface area contributed by atoms with Crippen LogP contribution in [0, 0.1) is 18.7 Å². The lowest BCUT2D eigenvalue weighted by Crippen LogP contribution is -2.39. The van der Waals surface area contributed by atoms with Crippen LogP contribution in [0.25, 0.3) is 10.3 Å². The molecule has 1 aliphatic carbocycles. The number of hydrogen-bond acceptors (Lipinski definition) is 9. The minimum atomic E-state index is -0.329. The van der Waals surface area contributed by atoms with Gasteiger partial charge in [-0.2, -0.15) is 0 Å². The van der Waals surface area contributed by atoms with Crippen LogP contribution >= 0.6 is 11.3 Å². The van der Waals surface area contributed by atoms with Gasteiger partial charge in [0.15, 0.2) is 11.6 Å². The first-order valence-electron chi connectivity index (χ1n) is 11.8. The number of aryl methyl sites for hydroxylation is 2. The van der Waals surface area contributed by atoms with Crippen molar-refractivity contribution in [3.63, 3.8) is 0 Å². The molecule has 4 heterocycles. The zero-order valence-electron chi connectivity index (χ0n) is 20.1. The van der Waals surface area contributed by atoms with Crippen molar-refractivity contribution in [2.45, 2.75) is 38.3 Å². The van der Waals surface area contributed by atoms with Gasteiger partial charge >= 0.3 is 0 Å². The maximum atomic E-state index is 15.2. The van der Waals surface area contributed by atoms with Gasteiger partial charge in [-0.15, -0.1) is 11.3 Å². The molecule has 35 heavy (non-hydrogen) atoms. The number of rotatable bonds is 6. The number of ether oxygens (including phenoxy) is 1. The topological polar surface area (TPSA) is 118 Å². The van der Waals surface area contributed by atoms with Crippen LogP contribution in [0.4, 0.5) is 15.9 Å². The summed E-state index contributed by atoms with van der Waals surface area (Å²) in [7, 11) is 3.61. The summed E-state index contributed by atoms with van der Waals surface area (Å²) in [6.45, 7) is 3.85. The number of amides is 1. The molecule has 4 N–H and O–H groups in total. The summed E-state index contributed by atoms with van der Waals surface area (Å²) in [6, 6.07) is 1.68. The second-order valence-corrected chi connectivity index (χ2v) is 10.3. The summed E-state index contributed by atoms with van der Waals surface area (Å²) >= 11 is 1.24. The number of carbonyl (C=O) groups excluding carboxylic acids is 1. The molecule has 0 saturated carbocycles. The Labute approximate surface area is 207 Å². The summed E-state index contributed by atoms with van der Waals surface area (Å²) < 4.78 is 20.5. The summed E-state index contributed by atoms with van der Waals surface area (Å²) in [4.78, 5) is 29.5. The molecule has 11 heteroatoms. The van der Waals surface area contributed by atoms with Crippen molar-refractivity contribution < 1.29 is 13.9 Å². The van der Waals surface area contributed by atoms with E-state index in [1.54, 1.807) is 19.4 Å². The average molecular weight is 500 g/mol. The van der Waals surface area contributed by atoms with E-state index in [0.29, 0.717) is 59.3 Å². The monoisotopic (exact) mass is 499 g/mol. The highest BCUT2D eigenvalue weighted by molar-refractivity contribution is 7.21. The van der Waals surface area contributed by atoms with Crippen LogP contribution in [0.1, 0.15) is 33.0 Å². The molecule has 5 rings (SSSR count). The van der Waals surface area contributed by atoms with Crippen molar-refractivity contribution in [3.05, 3.63) is 39.9 Å². The Morgan fingerprint density at radius 3 is 2.97 bits per heavy atom. The molecule has 9 nitrogen and oxygen atoms in total. The van der Waals surface area contributed by atoms with Crippen LogP contribution in [-0.2, 0) is 17.6 Å². The lowest BCUT2D eigenvalue weighted by Gasteiger charge is -2.27. The van der Waals surface area contributed by atoms with Crippen LogP contribution in [0.15, 0.2) is 12.3 Å². The van der Waals surface area contributed by atoms with Crippen LogP contribution in [0.3, 0.4) is 0 Å². The number of carbonyl (C=O) groups is 1. The number of nitrogens with one attached hydrogen (secondary N) is 2. The Hall–Kier alpha value is -2.89. The average Bonchev–Trinajstić information content (AvgIpc) is 3.39. The van der Waals surface area contributed by atoms with Crippen LogP contribution in [-0.4, -0.2) is 66.8 Å². The third-order valence-electron chi connectivity index (χ3n) is 6.91. The number of aromatic nitrogens is 3. The maximum Gasteiger partial charge on any atom is 0.263 e. The Morgan fingerprint density at radius 1 is 1.37 bits per heavy atom. The second-order valence-electron chi connectivity index (χ2n) is 9.34. The van der Waals surface area contributed by atoms with Crippen molar-refractivity contribution in [2.24, 2.45) is 5.92 Å². The van der Waals surface area contributed by atoms with E-state index in [0.717, 1.165) is 23.4 Å². The predicted molar refractivity (Wildman–Crippen MR) is 134 cm³/mol. The number of methoxy groups -OCH3 is 1. The first-order valence-corrected chi connectivity index (χ1v) is 12.6. The Kier molecular flexibility index (Phi) is 6.56. The molecule has 3 unspecified atom stereocenters. The van der Waals surface area contributed by atoms with Gasteiger partial charge in [-0.1, -0.05) is 0 Å². The SMILES string of the molecule is CNC1CN(c2nc3c(cc2F)CC(NC(=O)c2sc4nc(C)cnc4c2N)CC3)CC1COC. The number of fused-ring (bicyclic) bond motifs is 2. The Morgan fingerprint density at radius 2 is 2.20 bits per heavy atom. The fourth-order valence-electron chi connectivity index (χ4n) is 5.11. The molecule has 2 aliphatic rings. The van der Waals surface area contributed by atoms with E-state index in [2.05, 4.69) is 20.6 Å². The first-order chi connectivity index (χ1) is 16.9. The van der Waals surface area contributed by atoms with E-state index in [4.69, 9.17) is 15.5 Å². The number of nitrogens with two attached hydrogens (primary N) is 1. The highest BCUT2D eigenvalue weighted by atomic mass is 32.1. The largest absolute Gasteiger partial charge is 0.396 e. The third-order valence-corrected chi connectivity index (χ3v) is 8.00. The lowest BCUT2D eigenvalue weighted by molar-refractivity contribution is 0.0938. The van der Waals surface area contributed by atoms with Gasteiger partial charge in [0.2, 0.25) is 0 Å². The minimum absolute atomic E-state index is 0.124. The molecular weight excluding hydrogens is 469 g/mol. The molecule has 0 bridgehead atoms. The normalized spacial score (nSPS) is 21.9. The number of pyridine rings is 1. The summed E-state index contributed by atoms with van der Waals surface area (Å²) in [6.07, 6.45) is 3.56. The number of likely N-dealkylation sites (N-methyl/N-ethyl adjacent to an activating group) is 1. The zero-order valence-corrected chi connectivity index (χ0v) is 20.9. The van der Waals surface area contributed by atoms with Crippen molar-refractivity contribution in [1.82, 2.24) is 25.6 Å². The van der Waals surface area contributed by atoms with Crippen molar-refractivity contribution in [2.75, 3.05) is 44.5 Å². The summed E-state index contributed by atoms with van der Waals surface area (Å²) in [5.74, 6) is 0.101. The maximum absolute atomic E-state index is 15.2. The fourth-order valence-corrected chi connectivity index (χ4v) is 6.12. The van der Waals surface area contributed by atoms with E-state index in [-0.39, 0.29) is 29.7 Å². The van der Waals surface area contributed by atoms with Gasteiger partial charge in [-0.05, 0) is 44.9 Å². The number of nitrogens with zero attached hydrogens (tertiary/aromatic N) is 4. The van der Waals surface area contributed by atoms with Gasteiger partial charge in [0.1, 0.15) is 15.2 Å². The standard InChI is InChI=1S/C24H30FN7O2S/c1-12-8-28-20-19(26)21(35-24(20)29-12)23(33)30-15-4-5-17-13(6-15)7-16(25)22(31-17)32-9-14(11-34-3)18(10-32)27-2/h7-8,14-15,18,27H,4-6,9-11,26H2,1-3H3,(H,30,33). The number of thiophene rings is 1. The molecule has 3 atom stereocenters. The molecule has 3 aromatic heterocycles. The molecule has 0 aromatic carbocycles. The molecule has 1 amide bonds. The number of nitrogen functional groups attached to an aromatic ring is 1. The number of anilines is 2. The van der Waals surface area contributed by atoms with Crippen LogP contribution in [0.2, 0.25) is 0 Å². The fraction of sp³-hybridized carbons (Fsp3) is 0.500. The smallest absolute Gasteiger partial charge is 0.263 e. The zero-order chi connectivity index (χ0) is 24.7. The molecule has 1 fully saturated rings. The molecule has 0 spiro atoms. The predicted octanol–water partition coefficient (Wildman–Crippen LogP) is 2.07. The second kappa shape index (κ2) is 9.63. The molecular formula is C24H30FN7O2S. The van der Waals surface area contributed by atoms with Crippen LogP contribution in [0.5, 0.6) is 0 Å². The summed E-state index contributed by atoms with van der Waals surface area (Å²) in [5, 5.41) is 6.37. The van der Waals surface area contributed by atoms with Crippen molar-refractivity contribution >= 4 is 39.1 Å². The highest BCUT2D eigenvalue weighted by Crippen LogP contribution is 2.32. The van der Waals surface area contributed by atoms with Gasteiger partial charge in [0, 0.05) is 50.1 Å². The van der Waals surface area contributed by atoms with Gasteiger partial charge in [0.05, 0.1) is 18.0 Å². The van der Waals surface area contributed by atoms with Gasteiger partial charge in [0.25, 0.3) is 5.91 Å². The van der Waals surface area contributed by atoms with E-state index >= 15 is 4.39 Å². The van der Waals surface area contributed by atoms with Gasteiger partial charge in [-0.3, -0.25) is 4.79 Å². The molecule has 1 aliphatic heterocycles. The van der Waals surface area contributed by atoms with Crippen LogP contribution < -0.4 is 21.3 Å². The minimum Gasteiger partial charge on any atom is -0.396 e. The van der Waals surface area contributed by atoms with Crippen molar-refractivity contribution in [3.8, 4) is 0 Å². The quantitative estimate of drug-likeness (QED) is 0.472. The van der Waals surface area contributed by atoms with E-state index in [1.165, 1.54) is 11.3 Å². The Balaban J connectivity index is 1.30. The number of hydrogen-bond donors (Lipinski definition) is 3. The lowest BCUT2D eigenvalue weighted by atomic mass is 9.91. The highest BCUT2D eigenvalue weighted by Gasteiger charge is 2.34. The first kappa shape index (κ1) is 23.8. The van der Waals surface area contributed by atoms with Gasteiger partial charge < -0.3 is 26.0 Å². The van der Waals surface area contributed by atoms with Crippen molar-refractivity contribution in [1.29, 1.82) is 0 Å². The van der Waals surface area contributed by atoms with E-state index in [9.17, 15) is 4.79 Å². The molecule has 0 radical (unpaired) electrons. The molecule has 186 valence electrons.